The fraction of sp³-hybridized carbons (Fsp3) is 1.00. The summed E-state index contributed by atoms with van der Waals surface area (Å²) in [6.07, 6.45) is -0.0633. The van der Waals surface area contributed by atoms with Crippen molar-refractivity contribution in [2.75, 3.05) is 13.2 Å². The van der Waals surface area contributed by atoms with Gasteiger partial charge in [0, 0.05) is 5.92 Å². The molecular weight excluding hydrogens is 142 g/mol. The van der Waals surface area contributed by atoms with Gasteiger partial charge in [0.05, 0.1) is 18.8 Å². The summed E-state index contributed by atoms with van der Waals surface area (Å²) in [5.41, 5.74) is 5.49. The molecule has 2 N–H and O–H groups in total. The zero-order chi connectivity index (χ0) is 8.48. The van der Waals surface area contributed by atoms with E-state index < -0.39 is 0 Å². The van der Waals surface area contributed by atoms with Crippen molar-refractivity contribution in [3.05, 3.63) is 0 Å². The van der Waals surface area contributed by atoms with Gasteiger partial charge in [-0.05, 0) is 6.92 Å². The first kappa shape index (κ1) is 8.97. The van der Waals surface area contributed by atoms with Crippen LogP contribution in [0.25, 0.3) is 0 Å². The lowest BCUT2D eigenvalue weighted by Crippen LogP contribution is -2.52. The summed E-state index contributed by atoms with van der Waals surface area (Å²) in [7, 11) is 0. The van der Waals surface area contributed by atoms with Gasteiger partial charge in [0.2, 0.25) is 0 Å². The molecule has 0 spiro atoms. The third-order valence-corrected chi connectivity index (χ3v) is 1.70. The van der Waals surface area contributed by atoms with E-state index in [0.717, 1.165) is 0 Å². The van der Waals surface area contributed by atoms with Crippen LogP contribution >= 0.6 is 0 Å². The fourth-order valence-electron chi connectivity index (χ4n) is 1.02. The molecule has 0 aromatic heterocycles. The predicted molar refractivity (Wildman–Crippen MR) is 43.1 cm³/mol. The minimum Gasteiger partial charge on any atom is -0.350 e. The molecule has 0 bridgehead atoms. The molecule has 0 radical (unpaired) electrons. The van der Waals surface area contributed by atoms with E-state index in [-0.39, 0.29) is 11.8 Å². The van der Waals surface area contributed by atoms with Gasteiger partial charge in [0.1, 0.15) is 0 Å². The summed E-state index contributed by atoms with van der Waals surface area (Å²) < 4.78 is 10.8. The quantitative estimate of drug-likeness (QED) is 0.613. The van der Waals surface area contributed by atoms with Gasteiger partial charge in [-0.1, -0.05) is 13.8 Å². The summed E-state index contributed by atoms with van der Waals surface area (Å²) in [5, 5.41) is 0. The van der Waals surface area contributed by atoms with E-state index in [1.54, 1.807) is 0 Å². The standard InChI is InChI=1S/C8H17NO2/c1-6(2)7-10-4-8(3,9)5-11-7/h6-7H,4-5,9H2,1-3H3. The van der Waals surface area contributed by atoms with Crippen LogP contribution < -0.4 is 5.73 Å². The smallest absolute Gasteiger partial charge is 0.160 e. The van der Waals surface area contributed by atoms with Crippen molar-refractivity contribution in [3.63, 3.8) is 0 Å². The molecule has 3 nitrogen and oxygen atoms in total. The lowest BCUT2D eigenvalue weighted by molar-refractivity contribution is -0.221. The Hall–Kier alpha value is -0.120. The van der Waals surface area contributed by atoms with Gasteiger partial charge in [-0.3, -0.25) is 0 Å². The van der Waals surface area contributed by atoms with Crippen LogP contribution in [-0.4, -0.2) is 25.0 Å². The van der Waals surface area contributed by atoms with Crippen molar-refractivity contribution in [1.29, 1.82) is 0 Å². The molecule has 1 heterocycles. The Balaban J connectivity index is 2.36. The SMILES string of the molecule is CC(C)C1OCC(C)(N)CO1. The monoisotopic (exact) mass is 159 g/mol. The summed E-state index contributed by atoms with van der Waals surface area (Å²) >= 11 is 0. The normalized spacial score (nSPS) is 39.5. The van der Waals surface area contributed by atoms with Crippen LogP contribution in [0.2, 0.25) is 0 Å². The Labute approximate surface area is 67.9 Å². The molecular formula is C8H17NO2. The van der Waals surface area contributed by atoms with Crippen LogP contribution in [0.15, 0.2) is 0 Å². The van der Waals surface area contributed by atoms with Crippen molar-refractivity contribution in [2.24, 2.45) is 11.7 Å². The molecule has 1 rings (SSSR count). The molecule has 0 atom stereocenters. The van der Waals surface area contributed by atoms with Crippen LogP contribution in [0.3, 0.4) is 0 Å². The molecule has 1 fully saturated rings. The average molecular weight is 159 g/mol. The largest absolute Gasteiger partial charge is 0.350 e. The summed E-state index contributed by atoms with van der Waals surface area (Å²) in [6, 6.07) is 0. The molecule has 11 heavy (non-hydrogen) atoms. The second-order valence-corrected chi connectivity index (χ2v) is 3.89. The van der Waals surface area contributed by atoms with Gasteiger partial charge < -0.3 is 15.2 Å². The number of rotatable bonds is 1. The van der Waals surface area contributed by atoms with Crippen molar-refractivity contribution < 1.29 is 9.47 Å². The van der Waals surface area contributed by atoms with Crippen LogP contribution in [-0.2, 0) is 9.47 Å². The number of hydrogen-bond acceptors (Lipinski definition) is 3. The van der Waals surface area contributed by atoms with Crippen LogP contribution in [0.4, 0.5) is 0 Å². The van der Waals surface area contributed by atoms with Crippen LogP contribution in [0.5, 0.6) is 0 Å². The fourth-order valence-corrected chi connectivity index (χ4v) is 1.02. The van der Waals surface area contributed by atoms with Crippen molar-refractivity contribution in [1.82, 2.24) is 0 Å². The maximum atomic E-state index is 5.79. The minimum absolute atomic E-state index is 0.0633. The lowest BCUT2D eigenvalue weighted by atomic mass is 10.1. The highest BCUT2D eigenvalue weighted by molar-refractivity contribution is 4.81. The summed E-state index contributed by atoms with van der Waals surface area (Å²) in [5.74, 6) is 0.408. The Morgan fingerprint density at radius 3 is 2.18 bits per heavy atom. The van der Waals surface area contributed by atoms with Gasteiger partial charge >= 0.3 is 0 Å². The lowest BCUT2D eigenvalue weighted by Gasteiger charge is -2.35. The summed E-state index contributed by atoms with van der Waals surface area (Å²) in [4.78, 5) is 0. The maximum Gasteiger partial charge on any atom is 0.160 e. The number of nitrogens with two attached hydrogens (primary N) is 1. The molecule has 1 saturated heterocycles. The molecule has 0 amide bonds. The first-order valence-corrected chi connectivity index (χ1v) is 4.03. The molecule has 1 aliphatic rings. The zero-order valence-electron chi connectivity index (χ0n) is 7.46. The third-order valence-electron chi connectivity index (χ3n) is 1.70. The zero-order valence-corrected chi connectivity index (χ0v) is 7.46. The average Bonchev–Trinajstić information content (AvgIpc) is 1.86. The second-order valence-electron chi connectivity index (χ2n) is 3.89. The van der Waals surface area contributed by atoms with Gasteiger partial charge in [-0.15, -0.1) is 0 Å². The van der Waals surface area contributed by atoms with Crippen molar-refractivity contribution >= 4 is 0 Å². The van der Waals surface area contributed by atoms with Crippen LogP contribution in [0, 0.1) is 5.92 Å². The molecule has 66 valence electrons. The van der Waals surface area contributed by atoms with E-state index >= 15 is 0 Å². The molecule has 0 aromatic carbocycles. The van der Waals surface area contributed by atoms with E-state index in [9.17, 15) is 0 Å². The highest BCUT2D eigenvalue weighted by Gasteiger charge is 2.29. The van der Waals surface area contributed by atoms with Gasteiger partial charge in [0.25, 0.3) is 0 Å². The Morgan fingerprint density at radius 2 is 1.82 bits per heavy atom. The topological polar surface area (TPSA) is 44.5 Å². The van der Waals surface area contributed by atoms with Crippen LogP contribution in [0.1, 0.15) is 20.8 Å². The van der Waals surface area contributed by atoms with Crippen molar-refractivity contribution in [2.45, 2.75) is 32.6 Å². The molecule has 1 aliphatic heterocycles. The molecule has 3 heteroatoms. The Morgan fingerprint density at radius 1 is 1.36 bits per heavy atom. The van der Waals surface area contributed by atoms with Crippen molar-refractivity contribution in [3.8, 4) is 0 Å². The molecule has 0 aliphatic carbocycles. The number of hydrogen-bond donors (Lipinski definition) is 1. The van der Waals surface area contributed by atoms with Gasteiger partial charge in [-0.25, -0.2) is 0 Å². The Bertz CT molecular complexity index is 124. The van der Waals surface area contributed by atoms with E-state index in [1.807, 2.05) is 6.92 Å². The molecule has 0 aromatic rings. The van der Waals surface area contributed by atoms with Gasteiger partial charge in [-0.2, -0.15) is 0 Å². The first-order valence-electron chi connectivity index (χ1n) is 4.03. The minimum atomic E-state index is -0.300. The third kappa shape index (κ3) is 2.43. The molecule has 0 saturated carbocycles. The highest BCUT2D eigenvalue weighted by atomic mass is 16.7. The van der Waals surface area contributed by atoms with E-state index in [1.165, 1.54) is 0 Å². The van der Waals surface area contributed by atoms with E-state index in [4.69, 9.17) is 15.2 Å². The van der Waals surface area contributed by atoms with Gasteiger partial charge in [0.15, 0.2) is 6.29 Å². The Kier molecular flexibility index (Phi) is 2.52. The number of ether oxygens (including phenoxy) is 2. The van der Waals surface area contributed by atoms with E-state index in [2.05, 4.69) is 13.8 Å². The first-order chi connectivity index (χ1) is 5.01. The predicted octanol–water partition coefficient (Wildman–Crippen LogP) is 0.733. The second kappa shape index (κ2) is 3.09. The van der Waals surface area contributed by atoms with E-state index in [0.29, 0.717) is 19.1 Å². The highest BCUT2D eigenvalue weighted by Crippen LogP contribution is 2.17. The maximum absolute atomic E-state index is 5.79. The molecule has 0 unspecified atom stereocenters. The summed E-state index contributed by atoms with van der Waals surface area (Å²) in [6.45, 7) is 7.27.